The number of rotatable bonds is 8. The van der Waals surface area contributed by atoms with Gasteiger partial charge < -0.3 is 20.1 Å². The summed E-state index contributed by atoms with van der Waals surface area (Å²) >= 11 is 0. The number of pyridine rings is 1. The second-order valence-corrected chi connectivity index (χ2v) is 6.68. The zero-order chi connectivity index (χ0) is 21.5. The van der Waals surface area contributed by atoms with Crippen LogP contribution in [0.5, 0.6) is 5.75 Å². The quantitative estimate of drug-likeness (QED) is 0.534. The normalized spacial score (nSPS) is 11.5. The van der Waals surface area contributed by atoms with Crippen LogP contribution in [0, 0.1) is 0 Å². The highest BCUT2D eigenvalue weighted by Crippen LogP contribution is 2.28. The fourth-order valence-corrected chi connectivity index (χ4v) is 2.76. The van der Waals surface area contributed by atoms with Crippen LogP contribution in [0.4, 0.5) is 17.5 Å². The van der Waals surface area contributed by atoms with Crippen LogP contribution in [0.25, 0.3) is 11.3 Å². The van der Waals surface area contributed by atoms with E-state index >= 15 is 0 Å². The summed E-state index contributed by atoms with van der Waals surface area (Å²) in [4.78, 5) is 25.2. The van der Waals surface area contributed by atoms with Gasteiger partial charge >= 0.3 is 5.97 Å². The number of anilines is 3. The lowest BCUT2D eigenvalue weighted by Gasteiger charge is -2.15. The Morgan fingerprint density at radius 2 is 1.87 bits per heavy atom. The molecule has 1 aromatic carbocycles. The molecule has 3 rings (SSSR count). The average molecular weight is 407 g/mol. The Labute approximate surface area is 175 Å². The molecule has 2 heterocycles. The first-order valence-corrected chi connectivity index (χ1v) is 9.63. The standard InChI is InChI=1S/C22H25N5O3/c1-5-14(2)24-22-26-18(15-8-10-23-11-9-15)13-20(27-22)25-16-6-7-17(21(28)30-4)19(12-16)29-3/h6-14H,5H2,1-4H3,(H2,24,25,26,27)/t14-/m1/s1. The number of esters is 1. The maximum absolute atomic E-state index is 11.9. The molecule has 0 saturated heterocycles. The Hall–Kier alpha value is -3.68. The fourth-order valence-electron chi connectivity index (χ4n) is 2.76. The van der Waals surface area contributed by atoms with Crippen molar-refractivity contribution in [3.63, 3.8) is 0 Å². The molecule has 0 fully saturated rings. The molecule has 0 bridgehead atoms. The highest BCUT2D eigenvalue weighted by Gasteiger charge is 2.14. The number of ether oxygens (including phenoxy) is 2. The monoisotopic (exact) mass is 407 g/mol. The maximum Gasteiger partial charge on any atom is 0.341 e. The van der Waals surface area contributed by atoms with Crippen molar-refractivity contribution in [3.05, 3.63) is 54.4 Å². The molecular weight excluding hydrogens is 382 g/mol. The Morgan fingerprint density at radius 3 is 2.53 bits per heavy atom. The molecule has 8 nitrogen and oxygen atoms in total. The van der Waals surface area contributed by atoms with Gasteiger partial charge in [-0.2, -0.15) is 4.98 Å². The van der Waals surface area contributed by atoms with Gasteiger partial charge in [0.25, 0.3) is 0 Å². The summed E-state index contributed by atoms with van der Waals surface area (Å²) in [7, 11) is 2.84. The Kier molecular flexibility index (Phi) is 6.79. The van der Waals surface area contributed by atoms with Crippen LogP contribution < -0.4 is 15.4 Å². The molecule has 0 radical (unpaired) electrons. The van der Waals surface area contributed by atoms with Crippen molar-refractivity contribution in [2.75, 3.05) is 24.9 Å². The molecule has 156 valence electrons. The molecule has 2 aromatic heterocycles. The predicted octanol–water partition coefficient (Wildman–Crippen LogP) is 4.29. The van der Waals surface area contributed by atoms with Gasteiger partial charge in [-0.3, -0.25) is 4.98 Å². The molecule has 3 aromatic rings. The van der Waals surface area contributed by atoms with Crippen molar-refractivity contribution < 1.29 is 14.3 Å². The minimum atomic E-state index is -0.458. The van der Waals surface area contributed by atoms with Crippen molar-refractivity contribution in [1.29, 1.82) is 0 Å². The summed E-state index contributed by atoms with van der Waals surface area (Å²) in [5.41, 5.74) is 2.76. The van der Waals surface area contributed by atoms with Gasteiger partial charge in [0.2, 0.25) is 5.95 Å². The third kappa shape index (κ3) is 5.02. The predicted molar refractivity (Wildman–Crippen MR) is 116 cm³/mol. The minimum absolute atomic E-state index is 0.227. The Bertz CT molecular complexity index is 1010. The Balaban J connectivity index is 1.96. The van der Waals surface area contributed by atoms with Gasteiger partial charge in [-0.15, -0.1) is 0 Å². The third-order valence-electron chi connectivity index (χ3n) is 4.57. The number of methoxy groups -OCH3 is 2. The number of aromatic nitrogens is 3. The lowest BCUT2D eigenvalue weighted by atomic mass is 10.1. The lowest BCUT2D eigenvalue weighted by molar-refractivity contribution is 0.0597. The molecule has 0 spiro atoms. The van der Waals surface area contributed by atoms with Crippen LogP contribution in [0.2, 0.25) is 0 Å². The second kappa shape index (κ2) is 9.69. The number of benzene rings is 1. The van der Waals surface area contributed by atoms with Gasteiger partial charge in [0, 0.05) is 41.8 Å². The molecule has 30 heavy (non-hydrogen) atoms. The SMILES string of the molecule is CC[C@@H](C)Nc1nc(Nc2ccc(C(=O)OC)c(OC)c2)cc(-c2ccncc2)n1. The number of carbonyl (C=O) groups excluding carboxylic acids is 1. The first kappa shape index (κ1) is 21.0. The lowest BCUT2D eigenvalue weighted by Crippen LogP contribution is -2.16. The summed E-state index contributed by atoms with van der Waals surface area (Å²) < 4.78 is 10.1. The number of hydrogen-bond donors (Lipinski definition) is 2. The number of nitrogens with one attached hydrogen (secondary N) is 2. The molecule has 0 amide bonds. The number of nitrogens with zero attached hydrogens (tertiary/aromatic N) is 3. The topological polar surface area (TPSA) is 98.3 Å². The fraction of sp³-hybridized carbons (Fsp3) is 0.273. The van der Waals surface area contributed by atoms with E-state index in [9.17, 15) is 4.79 Å². The van der Waals surface area contributed by atoms with Gasteiger partial charge in [-0.05, 0) is 37.6 Å². The third-order valence-corrected chi connectivity index (χ3v) is 4.57. The average Bonchev–Trinajstić information content (AvgIpc) is 2.78. The van der Waals surface area contributed by atoms with Gasteiger partial charge in [0.1, 0.15) is 17.1 Å². The van der Waals surface area contributed by atoms with Crippen molar-refractivity contribution in [2.24, 2.45) is 0 Å². The van der Waals surface area contributed by atoms with Crippen LogP contribution in [-0.2, 0) is 4.74 Å². The summed E-state index contributed by atoms with van der Waals surface area (Å²) in [5, 5.41) is 6.58. The van der Waals surface area contributed by atoms with Gasteiger partial charge in [0.15, 0.2) is 0 Å². The first-order valence-electron chi connectivity index (χ1n) is 9.63. The van der Waals surface area contributed by atoms with Gasteiger partial charge in [0.05, 0.1) is 19.9 Å². The largest absolute Gasteiger partial charge is 0.496 e. The van der Waals surface area contributed by atoms with E-state index in [-0.39, 0.29) is 6.04 Å². The van der Waals surface area contributed by atoms with E-state index in [1.54, 1.807) is 30.6 Å². The van der Waals surface area contributed by atoms with E-state index in [1.165, 1.54) is 14.2 Å². The van der Waals surface area contributed by atoms with E-state index in [0.29, 0.717) is 28.8 Å². The minimum Gasteiger partial charge on any atom is -0.496 e. The second-order valence-electron chi connectivity index (χ2n) is 6.68. The van der Waals surface area contributed by atoms with Crippen molar-refractivity contribution in [2.45, 2.75) is 26.3 Å². The number of hydrogen-bond acceptors (Lipinski definition) is 8. The summed E-state index contributed by atoms with van der Waals surface area (Å²) in [5.74, 6) is 1.09. The van der Waals surface area contributed by atoms with E-state index in [2.05, 4.69) is 39.4 Å². The molecule has 0 unspecified atom stereocenters. The molecule has 1 atom stereocenters. The van der Waals surface area contributed by atoms with E-state index in [1.807, 2.05) is 18.2 Å². The zero-order valence-corrected chi connectivity index (χ0v) is 17.5. The van der Waals surface area contributed by atoms with Gasteiger partial charge in [-0.1, -0.05) is 6.92 Å². The Morgan fingerprint density at radius 1 is 1.10 bits per heavy atom. The summed E-state index contributed by atoms with van der Waals surface area (Å²) in [6.07, 6.45) is 4.39. The summed E-state index contributed by atoms with van der Waals surface area (Å²) in [6.45, 7) is 4.17. The van der Waals surface area contributed by atoms with Crippen molar-refractivity contribution >= 4 is 23.4 Å². The van der Waals surface area contributed by atoms with Crippen LogP contribution in [-0.4, -0.2) is 41.2 Å². The van der Waals surface area contributed by atoms with Crippen LogP contribution in [0.1, 0.15) is 30.6 Å². The molecule has 0 aliphatic rings. The zero-order valence-electron chi connectivity index (χ0n) is 17.5. The molecule has 2 N–H and O–H groups in total. The van der Waals surface area contributed by atoms with E-state index in [4.69, 9.17) is 9.47 Å². The molecule has 8 heteroatoms. The number of carbonyl (C=O) groups is 1. The molecule has 0 aliphatic heterocycles. The molecule has 0 aliphatic carbocycles. The molecular formula is C22H25N5O3. The molecule has 0 saturated carbocycles. The van der Waals surface area contributed by atoms with Crippen molar-refractivity contribution in [1.82, 2.24) is 15.0 Å². The van der Waals surface area contributed by atoms with E-state index < -0.39 is 5.97 Å². The maximum atomic E-state index is 11.9. The highest BCUT2D eigenvalue weighted by atomic mass is 16.5. The van der Waals surface area contributed by atoms with E-state index in [0.717, 1.165) is 17.7 Å². The van der Waals surface area contributed by atoms with Crippen molar-refractivity contribution in [3.8, 4) is 17.0 Å². The van der Waals surface area contributed by atoms with Gasteiger partial charge in [-0.25, -0.2) is 9.78 Å². The van der Waals surface area contributed by atoms with Crippen LogP contribution in [0.15, 0.2) is 48.8 Å². The van der Waals surface area contributed by atoms with Crippen LogP contribution in [0.3, 0.4) is 0 Å². The first-order chi connectivity index (χ1) is 14.5. The summed E-state index contributed by atoms with van der Waals surface area (Å²) in [6, 6.07) is 11.0. The smallest absolute Gasteiger partial charge is 0.341 e. The highest BCUT2D eigenvalue weighted by molar-refractivity contribution is 5.93. The van der Waals surface area contributed by atoms with Crippen LogP contribution >= 0.6 is 0 Å².